The first-order chi connectivity index (χ1) is 11.3. The molecular weight excluding hydrogens is 296 g/mol. The van der Waals surface area contributed by atoms with Gasteiger partial charge in [-0.05, 0) is 43.3 Å². The third-order valence-corrected chi connectivity index (χ3v) is 3.05. The molecule has 1 aromatic carbocycles. The lowest BCUT2D eigenvalue weighted by Gasteiger charge is -2.09. The molecule has 2 N–H and O–H groups in total. The third-order valence-electron chi connectivity index (χ3n) is 3.05. The van der Waals surface area contributed by atoms with Crippen LogP contribution in [-0.4, -0.2) is 32.3 Å². The van der Waals surface area contributed by atoms with E-state index in [0.29, 0.717) is 26.4 Å². The average Bonchev–Trinajstić information content (AvgIpc) is 3.09. The number of ether oxygens (including phenoxy) is 2. The average molecular weight is 318 g/mol. The Kier molecular flexibility index (Phi) is 7.00. The smallest absolute Gasteiger partial charge is 0.239 e. The Morgan fingerprint density at radius 2 is 2.00 bits per heavy atom. The largest absolute Gasteiger partial charge is 0.491 e. The van der Waals surface area contributed by atoms with E-state index in [4.69, 9.17) is 13.9 Å². The Labute approximate surface area is 135 Å². The monoisotopic (exact) mass is 318 g/mol. The lowest BCUT2D eigenvalue weighted by molar-refractivity contribution is -0.119. The molecule has 0 spiro atoms. The van der Waals surface area contributed by atoms with Crippen LogP contribution in [0.5, 0.6) is 5.75 Å². The molecule has 23 heavy (non-hydrogen) atoms. The minimum atomic E-state index is -0.0987. The fourth-order valence-electron chi connectivity index (χ4n) is 1.88. The summed E-state index contributed by atoms with van der Waals surface area (Å²) in [6.07, 6.45) is 1.58. The lowest BCUT2D eigenvalue weighted by atomic mass is 10.3. The maximum absolute atomic E-state index is 11.7. The van der Waals surface area contributed by atoms with Crippen LogP contribution in [-0.2, 0) is 16.1 Å². The maximum Gasteiger partial charge on any atom is 0.239 e. The van der Waals surface area contributed by atoms with Crippen molar-refractivity contribution in [3.8, 4) is 5.75 Å². The van der Waals surface area contributed by atoms with Gasteiger partial charge in [0.1, 0.15) is 18.1 Å². The van der Waals surface area contributed by atoms with Gasteiger partial charge in [0.15, 0.2) is 0 Å². The number of nitrogens with one attached hydrogen (secondary N) is 2. The standard InChI is InChI=1S/C17H22N2O4/c1-2-21-10-11-23-15-7-5-14(6-8-15)18-13-17(20)19-12-16-4-3-9-22-16/h3-9,18H,2,10-13H2,1H3,(H,19,20). The molecule has 1 heterocycles. The number of carbonyl (C=O) groups is 1. The van der Waals surface area contributed by atoms with Gasteiger partial charge in [0.05, 0.1) is 26.0 Å². The van der Waals surface area contributed by atoms with Crippen LogP contribution >= 0.6 is 0 Å². The van der Waals surface area contributed by atoms with Crippen molar-refractivity contribution in [1.29, 1.82) is 0 Å². The Hall–Kier alpha value is -2.47. The van der Waals surface area contributed by atoms with E-state index in [1.165, 1.54) is 0 Å². The first kappa shape index (κ1) is 16.9. The highest BCUT2D eigenvalue weighted by atomic mass is 16.5. The molecule has 0 aliphatic carbocycles. The van der Waals surface area contributed by atoms with E-state index in [0.717, 1.165) is 17.2 Å². The van der Waals surface area contributed by atoms with Crippen molar-refractivity contribution in [2.24, 2.45) is 0 Å². The molecular formula is C17H22N2O4. The van der Waals surface area contributed by atoms with Crippen LogP contribution < -0.4 is 15.4 Å². The number of rotatable bonds is 10. The highest BCUT2D eigenvalue weighted by molar-refractivity contribution is 5.80. The number of carbonyl (C=O) groups excluding carboxylic acids is 1. The molecule has 0 aliphatic heterocycles. The summed E-state index contributed by atoms with van der Waals surface area (Å²) in [6, 6.07) is 11.1. The molecule has 2 aromatic rings. The fourth-order valence-corrected chi connectivity index (χ4v) is 1.88. The van der Waals surface area contributed by atoms with Crippen molar-refractivity contribution >= 4 is 11.6 Å². The molecule has 0 atom stereocenters. The van der Waals surface area contributed by atoms with Gasteiger partial charge >= 0.3 is 0 Å². The number of furan rings is 1. The topological polar surface area (TPSA) is 72.7 Å². The van der Waals surface area contributed by atoms with Crippen molar-refractivity contribution in [2.75, 3.05) is 31.7 Å². The number of benzene rings is 1. The van der Waals surface area contributed by atoms with Gasteiger partial charge in [0.2, 0.25) is 5.91 Å². The summed E-state index contributed by atoms with van der Waals surface area (Å²) >= 11 is 0. The SMILES string of the molecule is CCOCCOc1ccc(NCC(=O)NCc2ccco2)cc1. The normalized spacial score (nSPS) is 10.3. The predicted octanol–water partition coefficient (Wildman–Crippen LogP) is 2.42. The minimum absolute atomic E-state index is 0.0987. The zero-order valence-electron chi connectivity index (χ0n) is 13.2. The van der Waals surface area contributed by atoms with Gasteiger partial charge in [-0.3, -0.25) is 4.79 Å². The van der Waals surface area contributed by atoms with Crippen LogP contribution in [0.25, 0.3) is 0 Å². The van der Waals surface area contributed by atoms with Crippen LogP contribution in [0.4, 0.5) is 5.69 Å². The summed E-state index contributed by atoms with van der Waals surface area (Å²) < 4.78 is 15.9. The summed E-state index contributed by atoms with van der Waals surface area (Å²) in [6.45, 7) is 4.33. The molecule has 0 aliphatic rings. The number of hydrogen-bond donors (Lipinski definition) is 2. The molecule has 1 amide bonds. The maximum atomic E-state index is 11.7. The van der Waals surface area contributed by atoms with Gasteiger partial charge in [-0.1, -0.05) is 0 Å². The van der Waals surface area contributed by atoms with Crippen LogP contribution in [0.15, 0.2) is 47.1 Å². The summed E-state index contributed by atoms with van der Waals surface area (Å²) in [5.74, 6) is 1.41. The second-order valence-electron chi connectivity index (χ2n) is 4.78. The number of amides is 1. The Balaban J connectivity index is 1.65. The second-order valence-corrected chi connectivity index (χ2v) is 4.78. The van der Waals surface area contributed by atoms with Crippen LogP contribution in [0.1, 0.15) is 12.7 Å². The molecule has 124 valence electrons. The zero-order valence-corrected chi connectivity index (χ0v) is 13.2. The summed E-state index contributed by atoms with van der Waals surface area (Å²) in [7, 11) is 0. The Bertz CT molecular complexity index is 567. The van der Waals surface area contributed by atoms with Crippen LogP contribution in [0.3, 0.4) is 0 Å². The van der Waals surface area contributed by atoms with E-state index in [9.17, 15) is 4.79 Å². The lowest BCUT2D eigenvalue weighted by Crippen LogP contribution is -2.29. The molecule has 1 aromatic heterocycles. The summed E-state index contributed by atoms with van der Waals surface area (Å²) in [5, 5.41) is 5.83. The van der Waals surface area contributed by atoms with Gasteiger partial charge in [0.25, 0.3) is 0 Å². The highest BCUT2D eigenvalue weighted by Gasteiger charge is 2.03. The van der Waals surface area contributed by atoms with E-state index in [2.05, 4.69) is 10.6 Å². The number of anilines is 1. The summed E-state index contributed by atoms with van der Waals surface area (Å²) in [5.41, 5.74) is 0.857. The van der Waals surface area contributed by atoms with Crippen molar-refractivity contribution in [3.05, 3.63) is 48.4 Å². The highest BCUT2D eigenvalue weighted by Crippen LogP contribution is 2.15. The molecule has 0 fully saturated rings. The zero-order chi connectivity index (χ0) is 16.3. The van der Waals surface area contributed by atoms with E-state index < -0.39 is 0 Å². The Morgan fingerprint density at radius 3 is 2.70 bits per heavy atom. The van der Waals surface area contributed by atoms with Gasteiger partial charge in [0, 0.05) is 12.3 Å². The number of hydrogen-bond acceptors (Lipinski definition) is 5. The van der Waals surface area contributed by atoms with Gasteiger partial charge in [-0.2, -0.15) is 0 Å². The fraction of sp³-hybridized carbons (Fsp3) is 0.353. The minimum Gasteiger partial charge on any atom is -0.491 e. The summed E-state index contributed by atoms with van der Waals surface area (Å²) in [4.78, 5) is 11.7. The third kappa shape index (κ3) is 6.44. The second kappa shape index (κ2) is 9.53. The molecule has 0 saturated carbocycles. The van der Waals surface area contributed by atoms with Gasteiger partial charge in [-0.25, -0.2) is 0 Å². The van der Waals surface area contributed by atoms with E-state index in [1.807, 2.05) is 37.3 Å². The van der Waals surface area contributed by atoms with Crippen molar-refractivity contribution in [2.45, 2.75) is 13.5 Å². The van der Waals surface area contributed by atoms with Crippen LogP contribution in [0, 0.1) is 0 Å². The first-order valence-electron chi connectivity index (χ1n) is 7.61. The van der Waals surface area contributed by atoms with E-state index >= 15 is 0 Å². The molecule has 0 radical (unpaired) electrons. The van der Waals surface area contributed by atoms with Gasteiger partial charge < -0.3 is 24.5 Å². The molecule has 6 nitrogen and oxygen atoms in total. The first-order valence-corrected chi connectivity index (χ1v) is 7.61. The van der Waals surface area contributed by atoms with Crippen molar-refractivity contribution < 1.29 is 18.7 Å². The molecule has 2 rings (SSSR count). The molecule has 6 heteroatoms. The molecule has 0 unspecified atom stereocenters. The van der Waals surface area contributed by atoms with Crippen LogP contribution in [0.2, 0.25) is 0 Å². The van der Waals surface area contributed by atoms with E-state index in [-0.39, 0.29) is 12.5 Å². The Morgan fingerprint density at radius 1 is 1.17 bits per heavy atom. The quantitative estimate of drug-likeness (QED) is 0.658. The van der Waals surface area contributed by atoms with Crippen molar-refractivity contribution in [1.82, 2.24) is 5.32 Å². The molecule has 0 bridgehead atoms. The van der Waals surface area contributed by atoms with Gasteiger partial charge in [-0.15, -0.1) is 0 Å². The van der Waals surface area contributed by atoms with E-state index in [1.54, 1.807) is 12.3 Å². The predicted molar refractivity (Wildman–Crippen MR) is 87.5 cm³/mol. The molecule has 0 saturated heterocycles. The van der Waals surface area contributed by atoms with Crippen molar-refractivity contribution in [3.63, 3.8) is 0 Å².